The summed E-state index contributed by atoms with van der Waals surface area (Å²) in [6.07, 6.45) is 6.15. The summed E-state index contributed by atoms with van der Waals surface area (Å²) in [7, 11) is -3.46. The van der Waals surface area contributed by atoms with Gasteiger partial charge in [0.15, 0.2) is 5.13 Å². The largest absolute Gasteiger partial charge is 0.314 e. The molecule has 3 rings (SSSR count). The second-order valence-electron chi connectivity index (χ2n) is 5.49. The van der Waals surface area contributed by atoms with Gasteiger partial charge >= 0.3 is 10.2 Å². The molecule has 2 fully saturated rings. The monoisotopic (exact) mass is 316 g/mol. The lowest BCUT2D eigenvalue weighted by Crippen LogP contribution is -2.45. The maximum Gasteiger partial charge on any atom is 0.303 e. The first-order valence-electron chi connectivity index (χ1n) is 7.04. The Morgan fingerprint density at radius 1 is 1.40 bits per heavy atom. The minimum atomic E-state index is -3.46. The molecule has 0 bridgehead atoms. The highest BCUT2D eigenvalue weighted by Crippen LogP contribution is 2.23. The summed E-state index contributed by atoms with van der Waals surface area (Å²) in [6.45, 7) is 2.12. The number of nitrogens with one attached hydrogen (secondary N) is 2. The molecule has 0 amide bonds. The molecule has 2 aliphatic rings. The molecule has 112 valence electrons. The zero-order valence-corrected chi connectivity index (χ0v) is 12.9. The van der Waals surface area contributed by atoms with Crippen LogP contribution >= 0.6 is 11.3 Å². The molecule has 20 heavy (non-hydrogen) atoms. The molecule has 1 aliphatic heterocycles. The smallest absolute Gasteiger partial charge is 0.303 e. The lowest BCUT2D eigenvalue weighted by atomic mass is 10.00. The summed E-state index contributed by atoms with van der Waals surface area (Å²) in [4.78, 5) is 3.97. The average Bonchev–Trinajstić information content (AvgIpc) is 3.14. The van der Waals surface area contributed by atoms with Gasteiger partial charge in [-0.15, -0.1) is 11.3 Å². The van der Waals surface area contributed by atoms with Gasteiger partial charge in [0.05, 0.1) is 0 Å². The third-order valence-corrected chi connectivity index (χ3v) is 6.02. The van der Waals surface area contributed by atoms with E-state index in [9.17, 15) is 8.42 Å². The third kappa shape index (κ3) is 3.69. The first-order chi connectivity index (χ1) is 9.63. The van der Waals surface area contributed by atoms with E-state index in [0.29, 0.717) is 30.2 Å². The van der Waals surface area contributed by atoms with Crippen LogP contribution in [0.3, 0.4) is 0 Å². The molecule has 1 saturated heterocycles. The molecule has 1 aromatic rings. The summed E-state index contributed by atoms with van der Waals surface area (Å²) in [6, 6.07) is 0.676. The van der Waals surface area contributed by atoms with E-state index >= 15 is 0 Å². The predicted molar refractivity (Wildman–Crippen MR) is 80.0 cm³/mol. The Labute approximate surface area is 123 Å². The van der Waals surface area contributed by atoms with E-state index in [2.05, 4.69) is 15.0 Å². The van der Waals surface area contributed by atoms with Crippen LogP contribution in [0.25, 0.3) is 0 Å². The fraction of sp³-hybridized carbons (Fsp3) is 0.750. The summed E-state index contributed by atoms with van der Waals surface area (Å²) >= 11 is 1.30. The summed E-state index contributed by atoms with van der Waals surface area (Å²) < 4.78 is 28.7. The van der Waals surface area contributed by atoms with E-state index in [-0.39, 0.29) is 0 Å². The molecule has 1 aromatic heterocycles. The highest BCUT2D eigenvalue weighted by Gasteiger charge is 2.30. The van der Waals surface area contributed by atoms with E-state index in [1.54, 1.807) is 15.9 Å². The fourth-order valence-corrected chi connectivity index (χ4v) is 4.54. The maximum atomic E-state index is 12.3. The molecule has 1 aliphatic carbocycles. The zero-order valence-electron chi connectivity index (χ0n) is 11.3. The molecule has 8 heteroatoms. The molecule has 1 saturated carbocycles. The number of hydrogen-bond donors (Lipinski definition) is 2. The van der Waals surface area contributed by atoms with E-state index in [0.717, 1.165) is 19.4 Å². The van der Waals surface area contributed by atoms with Crippen LogP contribution in [-0.2, 0) is 10.2 Å². The van der Waals surface area contributed by atoms with Gasteiger partial charge in [0.25, 0.3) is 0 Å². The third-order valence-electron chi connectivity index (χ3n) is 3.74. The van der Waals surface area contributed by atoms with Crippen LogP contribution in [0.1, 0.15) is 25.7 Å². The number of rotatable bonds is 6. The van der Waals surface area contributed by atoms with Crippen LogP contribution in [0.5, 0.6) is 0 Å². The van der Waals surface area contributed by atoms with Crippen LogP contribution in [-0.4, -0.2) is 43.4 Å². The van der Waals surface area contributed by atoms with Gasteiger partial charge in [-0.05, 0) is 38.1 Å². The van der Waals surface area contributed by atoms with Gasteiger partial charge in [0.1, 0.15) is 0 Å². The molecule has 0 spiro atoms. The highest BCUT2D eigenvalue weighted by atomic mass is 32.2. The van der Waals surface area contributed by atoms with Gasteiger partial charge in [0, 0.05) is 30.7 Å². The summed E-state index contributed by atoms with van der Waals surface area (Å²) in [5.74, 6) is 0.414. The number of aromatic nitrogens is 1. The Balaban J connectivity index is 1.57. The van der Waals surface area contributed by atoms with Crippen molar-refractivity contribution in [1.29, 1.82) is 0 Å². The first kappa shape index (κ1) is 14.2. The van der Waals surface area contributed by atoms with Crippen molar-refractivity contribution in [1.82, 2.24) is 14.6 Å². The van der Waals surface area contributed by atoms with Crippen LogP contribution < -0.4 is 10.0 Å². The lowest BCUT2D eigenvalue weighted by molar-refractivity contribution is 0.261. The minimum Gasteiger partial charge on any atom is -0.314 e. The summed E-state index contributed by atoms with van der Waals surface area (Å²) in [5, 5.41) is 5.69. The Morgan fingerprint density at radius 2 is 2.25 bits per heavy atom. The SMILES string of the molecule is O=S(=O)(Nc1nccs1)N1CCCC(CNC2CC2)C1. The van der Waals surface area contributed by atoms with Gasteiger partial charge in [-0.1, -0.05) is 0 Å². The molecular formula is C12H20N4O2S2. The van der Waals surface area contributed by atoms with Crippen LogP contribution in [0.4, 0.5) is 5.13 Å². The van der Waals surface area contributed by atoms with E-state index < -0.39 is 10.2 Å². The number of nitrogens with zero attached hydrogens (tertiary/aromatic N) is 2. The molecule has 0 radical (unpaired) electrons. The second kappa shape index (κ2) is 5.97. The predicted octanol–water partition coefficient (Wildman–Crippen LogP) is 1.26. The van der Waals surface area contributed by atoms with Crippen molar-refractivity contribution in [3.8, 4) is 0 Å². The number of hydrogen-bond acceptors (Lipinski definition) is 5. The fourth-order valence-electron chi connectivity index (χ4n) is 2.48. The lowest BCUT2D eigenvalue weighted by Gasteiger charge is -2.31. The van der Waals surface area contributed by atoms with Crippen LogP contribution in [0.15, 0.2) is 11.6 Å². The Morgan fingerprint density at radius 3 is 2.95 bits per heavy atom. The first-order valence-corrected chi connectivity index (χ1v) is 9.36. The van der Waals surface area contributed by atoms with Gasteiger partial charge in [0.2, 0.25) is 0 Å². The van der Waals surface area contributed by atoms with Gasteiger partial charge in [-0.25, -0.2) is 9.71 Å². The molecule has 2 N–H and O–H groups in total. The van der Waals surface area contributed by atoms with Crippen molar-refractivity contribution in [3.05, 3.63) is 11.6 Å². The second-order valence-corrected chi connectivity index (χ2v) is 8.06. The maximum absolute atomic E-state index is 12.3. The van der Waals surface area contributed by atoms with E-state index in [4.69, 9.17) is 0 Å². The van der Waals surface area contributed by atoms with Crippen molar-refractivity contribution in [3.63, 3.8) is 0 Å². The average molecular weight is 316 g/mol. The Hall–Kier alpha value is -0.700. The van der Waals surface area contributed by atoms with Crippen molar-refractivity contribution >= 4 is 26.7 Å². The van der Waals surface area contributed by atoms with Gasteiger partial charge in [-0.3, -0.25) is 0 Å². The molecule has 2 heterocycles. The highest BCUT2D eigenvalue weighted by molar-refractivity contribution is 7.90. The quantitative estimate of drug-likeness (QED) is 0.829. The Kier molecular flexibility index (Phi) is 4.25. The molecular weight excluding hydrogens is 296 g/mol. The minimum absolute atomic E-state index is 0.414. The standard InChI is InChI=1S/C12H20N4O2S2/c17-20(18,15-12-13-5-7-19-12)16-6-1-2-10(9-16)8-14-11-3-4-11/h5,7,10-11,14H,1-4,6,8-9H2,(H,13,15). The summed E-state index contributed by atoms with van der Waals surface area (Å²) in [5.41, 5.74) is 0. The van der Waals surface area contributed by atoms with Crippen LogP contribution in [0, 0.1) is 5.92 Å². The normalized spacial score (nSPS) is 24.7. The zero-order chi connectivity index (χ0) is 14.0. The van der Waals surface area contributed by atoms with Gasteiger partial charge < -0.3 is 5.32 Å². The molecule has 1 unspecified atom stereocenters. The number of anilines is 1. The molecule has 6 nitrogen and oxygen atoms in total. The van der Waals surface area contributed by atoms with Crippen molar-refractivity contribution < 1.29 is 8.42 Å². The van der Waals surface area contributed by atoms with E-state index in [1.165, 1.54) is 24.2 Å². The topological polar surface area (TPSA) is 74.3 Å². The number of piperidine rings is 1. The Bertz CT molecular complexity index is 528. The molecule has 1 atom stereocenters. The van der Waals surface area contributed by atoms with Crippen molar-refractivity contribution in [2.45, 2.75) is 31.7 Å². The van der Waals surface area contributed by atoms with Crippen molar-refractivity contribution in [2.75, 3.05) is 24.4 Å². The van der Waals surface area contributed by atoms with Gasteiger partial charge in [-0.2, -0.15) is 12.7 Å². The number of thiazole rings is 1. The van der Waals surface area contributed by atoms with Crippen molar-refractivity contribution in [2.24, 2.45) is 5.92 Å². The van der Waals surface area contributed by atoms with E-state index in [1.807, 2.05) is 0 Å². The van der Waals surface area contributed by atoms with Crippen LogP contribution in [0.2, 0.25) is 0 Å². The molecule has 0 aromatic carbocycles.